The minimum absolute atomic E-state index is 0.213. The lowest BCUT2D eigenvalue weighted by molar-refractivity contribution is -0.137. The molecule has 0 fully saturated rings. The van der Waals surface area contributed by atoms with Crippen molar-refractivity contribution in [2.75, 3.05) is 19.7 Å². The van der Waals surface area contributed by atoms with Crippen LogP contribution in [-0.4, -0.2) is 30.9 Å². The molecule has 0 saturated carbocycles. The highest BCUT2D eigenvalue weighted by atomic mass is 19.4. The van der Waals surface area contributed by atoms with E-state index in [-0.39, 0.29) is 5.75 Å². The summed E-state index contributed by atoms with van der Waals surface area (Å²) in [4.78, 5) is 0. The Balaban J connectivity index is 2.30. The Labute approximate surface area is 110 Å². The minimum Gasteiger partial charge on any atom is -0.494 e. The molecule has 108 valence electrons. The number of benzene rings is 1. The molecule has 0 amide bonds. The summed E-state index contributed by atoms with van der Waals surface area (Å²) < 4.78 is 42.6. The van der Waals surface area contributed by atoms with Gasteiger partial charge in [-0.3, -0.25) is 0 Å². The molecule has 0 aliphatic carbocycles. The van der Waals surface area contributed by atoms with Crippen molar-refractivity contribution in [2.24, 2.45) is 0 Å². The molecule has 0 bridgehead atoms. The third-order valence-corrected chi connectivity index (χ3v) is 2.37. The van der Waals surface area contributed by atoms with Gasteiger partial charge in [0.15, 0.2) is 0 Å². The maximum absolute atomic E-state index is 12.4. The van der Waals surface area contributed by atoms with Gasteiger partial charge in [0.1, 0.15) is 5.75 Å². The average Bonchev–Trinajstić information content (AvgIpc) is 2.32. The Hall–Kier alpha value is -1.27. The maximum atomic E-state index is 12.4. The van der Waals surface area contributed by atoms with Crippen LogP contribution in [-0.2, 0) is 6.18 Å². The van der Waals surface area contributed by atoms with E-state index in [0.717, 1.165) is 12.1 Å². The number of hydrogen-bond donors (Lipinski definition) is 2. The summed E-state index contributed by atoms with van der Waals surface area (Å²) in [6.45, 7) is 3.13. The van der Waals surface area contributed by atoms with Crippen LogP contribution in [0.25, 0.3) is 0 Å². The molecular formula is C13H18F3NO2. The SMILES string of the molecule is C[C@@H](O)CNCCCOc1cccc(C(F)(F)F)c1. The van der Waals surface area contributed by atoms with Gasteiger partial charge in [-0.25, -0.2) is 0 Å². The van der Waals surface area contributed by atoms with Gasteiger partial charge in [0.25, 0.3) is 0 Å². The summed E-state index contributed by atoms with van der Waals surface area (Å²) in [6, 6.07) is 4.82. The van der Waals surface area contributed by atoms with E-state index in [0.29, 0.717) is 26.1 Å². The summed E-state index contributed by atoms with van der Waals surface area (Å²) >= 11 is 0. The van der Waals surface area contributed by atoms with Crippen molar-refractivity contribution in [1.82, 2.24) is 5.32 Å². The van der Waals surface area contributed by atoms with Gasteiger partial charge in [0.05, 0.1) is 18.3 Å². The lowest BCUT2D eigenvalue weighted by Crippen LogP contribution is -2.26. The van der Waals surface area contributed by atoms with Crippen molar-refractivity contribution < 1.29 is 23.0 Å². The molecule has 0 heterocycles. The number of nitrogens with one attached hydrogen (secondary N) is 1. The van der Waals surface area contributed by atoms with Gasteiger partial charge in [-0.2, -0.15) is 13.2 Å². The Morgan fingerprint density at radius 3 is 2.74 bits per heavy atom. The van der Waals surface area contributed by atoms with Crippen molar-refractivity contribution in [3.05, 3.63) is 29.8 Å². The average molecular weight is 277 g/mol. The molecule has 3 nitrogen and oxygen atoms in total. The molecule has 2 N–H and O–H groups in total. The first-order valence-corrected chi connectivity index (χ1v) is 6.08. The fourth-order valence-electron chi connectivity index (χ4n) is 1.46. The van der Waals surface area contributed by atoms with Gasteiger partial charge in [-0.15, -0.1) is 0 Å². The summed E-state index contributed by atoms with van der Waals surface area (Å²) in [5.74, 6) is 0.213. The second-order valence-corrected chi connectivity index (χ2v) is 4.28. The fourth-order valence-corrected chi connectivity index (χ4v) is 1.46. The fraction of sp³-hybridized carbons (Fsp3) is 0.538. The van der Waals surface area contributed by atoms with Crippen LogP contribution in [0, 0.1) is 0 Å². The highest BCUT2D eigenvalue weighted by Gasteiger charge is 2.30. The quantitative estimate of drug-likeness (QED) is 0.752. The summed E-state index contributed by atoms with van der Waals surface area (Å²) in [6.07, 6.45) is -4.11. The van der Waals surface area contributed by atoms with E-state index in [1.807, 2.05) is 0 Å². The molecule has 0 radical (unpaired) electrons. The molecule has 0 saturated heterocycles. The number of aliphatic hydroxyl groups is 1. The summed E-state index contributed by atoms with van der Waals surface area (Å²) in [7, 11) is 0. The molecule has 0 unspecified atom stereocenters. The van der Waals surface area contributed by atoms with Crippen molar-refractivity contribution in [3.8, 4) is 5.75 Å². The zero-order valence-electron chi connectivity index (χ0n) is 10.7. The zero-order chi connectivity index (χ0) is 14.3. The Bertz CT molecular complexity index is 380. The van der Waals surface area contributed by atoms with E-state index in [4.69, 9.17) is 9.84 Å². The summed E-state index contributed by atoms with van der Waals surface area (Å²) in [5.41, 5.74) is -0.711. The monoisotopic (exact) mass is 277 g/mol. The van der Waals surface area contributed by atoms with Crippen LogP contribution in [0.4, 0.5) is 13.2 Å². The smallest absolute Gasteiger partial charge is 0.416 e. The lowest BCUT2D eigenvalue weighted by Gasteiger charge is -2.10. The predicted molar refractivity (Wildman–Crippen MR) is 66.1 cm³/mol. The van der Waals surface area contributed by atoms with Crippen molar-refractivity contribution >= 4 is 0 Å². The van der Waals surface area contributed by atoms with Gasteiger partial charge in [0, 0.05) is 6.54 Å². The van der Waals surface area contributed by atoms with E-state index < -0.39 is 17.8 Å². The standard InChI is InChI=1S/C13H18F3NO2/c1-10(18)9-17-6-3-7-19-12-5-2-4-11(8-12)13(14,15)16/h2,4-5,8,10,17-18H,3,6-7,9H2,1H3/t10-/m1/s1. The molecule has 0 spiro atoms. The van der Waals surface area contributed by atoms with Crippen LogP contribution < -0.4 is 10.1 Å². The van der Waals surface area contributed by atoms with Crippen molar-refractivity contribution in [1.29, 1.82) is 0 Å². The first-order valence-electron chi connectivity index (χ1n) is 6.08. The molecule has 6 heteroatoms. The molecule has 1 aromatic carbocycles. The maximum Gasteiger partial charge on any atom is 0.416 e. The van der Waals surface area contributed by atoms with Gasteiger partial charge < -0.3 is 15.2 Å². The minimum atomic E-state index is -4.35. The number of halogens is 3. The molecule has 0 aliphatic rings. The third-order valence-electron chi connectivity index (χ3n) is 2.37. The van der Waals surface area contributed by atoms with Gasteiger partial charge in [-0.05, 0) is 38.1 Å². The number of hydrogen-bond acceptors (Lipinski definition) is 3. The van der Waals surface area contributed by atoms with Crippen LogP contribution in [0.1, 0.15) is 18.9 Å². The van der Waals surface area contributed by atoms with E-state index in [9.17, 15) is 13.2 Å². The number of alkyl halides is 3. The van der Waals surface area contributed by atoms with Gasteiger partial charge in [0.2, 0.25) is 0 Å². The zero-order valence-corrected chi connectivity index (χ0v) is 10.7. The second kappa shape index (κ2) is 7.35. The first kappa shape index (κ1) is 15.8. The number of rotatable bonds is 7. The van der Waals surface area contributed by atoms with Crippen LogP contribution in [0.5, 0.6) is 5.75 Å². The Morgan fingerprint density at radius 1 is 1.37 bits per heavy atom. The van der Waals surface area contributed by atoms with E-state index in [1.54, 1.807) is 6.92 Å². The summed E-state index contributed by atoms with van der Waals surface area (Å²) in [5, 5.41) is 12.0. The first-order chi connectivity index (χ1) is 8.89. The molecule has 1 rings (SSSR count). The second-order valence-electron chi connectivity index (χ2n) is 4.28. The molecule has 0 aromatic heterocycles. The predicted octanol–water partition coefficient (Wildman–Crippen LogP) is 2.44. The van der Waals surface area contributed by atoms with Crippen molar-refractivity contribution in [3.63, 3.8) is 0 Å². The lowest BCUT2D eigenvalue weighted by atomic mass is 10.2. The molecule has 0 aliphatic heterocycles. The van der Waals surface area contributed by atoms with Crippen LogP contribution in [0.2, 0.25) is 0 Å². The largest absolute Gasteiger partial charge is 0.494 e. The van der Waals surface area contributed by atoms with Crippen LogP contribution in [0.15, 0.2) is 24.3 Å². The molecule has 1 atom stereocenters. The Kier molecular flexibility index (Phi) is 6.11. The molecule has 19 heavy (non-hydrogen) atoms. The normalized spacial score (nSPS) is 13.3. The van der Waals surface area contributed by atoms with Crippen LogP contribution >= 0.6 is 0 Å². The third kappa shape index (κ3) is 6.45. The van der Waals surface area contributed by atoms with Crippen molar-refractivity contribution in [2.45, 2.75) is 25.6 Å². The van der Waals surface area contributed by atoms with E-state index in [1.165, 1.54) is 12.1 Å². The molecule has 1 aromatic rings. The van der Waals surface area contributed by atoms with E-state index in [2.05, 4.69) is 5.32 Å². The van der Waals surface area contributed by atoms with E-state index >= 15 is 0 Å². The topological polar surface area (TPSA) is 41.5 Å². The number of ether oxygens (including phenoxy) is 1. The molecular weight excluding hydrogens is 259 g/mol. The van der Waals surface area contributed by atoms with Crippen LogP contribution in [0.3, 0.4) is 0 Å². The van der Waals surface area contributed by atoms with Gasteiger partial charge >= 0.3 is 6.18 Å². The number of aliphatic hydroxyl groups excluding tert-OH is 1. The van der Waals surface area contributed by atoms with Gasteiger partial charge in [-0.1, -0.05) is 6.07 Å². The Morgan fingerprint density at radius 2 is 2.11 bits per heavy atom. The highest BCUT2D eigenvalue weighted by molar-refractivity contribution is 5.30. The highest BCUT2D eigenvalue weighted by Crippen LogP contribution is 2.31.